The molecule has 2 aromatic rings. The molecule has 17 heavy (non-hydrogen) atoms. The first kappa shape index (κ1) is 13.4. The molecule has 1 aromatic heterocycles. The third-order valence-corrected chi connectivity index (χ3v) is 4.70. The van der Waals surface area contributed by atoms with Gasteiger partial charge in [0.25, 0.3) is 0 Å². The van der Waals surface area contributed by atoms with Crippen molar-refractivity contribution in [2.24, 2.45) is 0 Å². The molecule has 0 amide bonds. The standard InChI is InChI=1S/C13H11BrCl2S/c14-11-3-1-2-9(6-11)10(8-15)7-12-4-5-13(16)17-12/h1-6,10H,7-8H2. The van der Waals surface area contributed by atoms with Crippen molar-refractivity contribution in [3.05, 3.63) is 55.6 Å². The Morgan fingerprint density at radius 1 is 1.24 bits per heavy atom. The topological polar surface area (TPSA) is 0 Å². The van der Waals surface area contributed by atoms with Crippen LogP contribution in [0.4, 0.5) is 0 Å². The highest BCUT2D eigenvalue weighted by molar-refractivity contribution is 9.10. The SMILES string of the molecule is ClCC(Cc1ccc(Cl)s1)c1cccc(Br)c1. The molecule has 1 heterocycles. The van der Waals surface area contributed by atoms with E-state index in [1.54, 1.807) is 11.3 Å². The molecule has 0 nitrogen and oxygen atoms in total. The van der Waals surface area contributed by atoms with E-state index in [2.05, 4.69) is 34.1 Å². The van der Waals surface area contributed by atoms with Gasteiger partial charge in [-0.05, 0) is 36.2 Å². The Labute approximate surface area is 124 Å². The lowest BCUT2D eigenvalue weighted by atomic mass is 9.97. The average Bonchev–Trinajstić information content (AvgIpc) is 2.72. The first-order chi connectivity index (χ1) is 8.19. The van der Waals surface area contributed by atoms with Crippen molar-refractivity contribution in [1.29, 1.82) is 0 Å². The van der Waals surface area contributed by atoms with Gasteiger partial charge >= 0.3 is 0 Å². The Kier molecular flexibility index (Phi) is 4.92. The molecule has 2 rings (SSSR count). The smallest absolute Gasteiger partial charge is 0.0931 e. The second kappa shape index (κ2) is 6.24. The van der Waals surface area contributed by atoms with Gasteiger partial charge in [-0.1, -0.05) is 39.7 Å². The summed E-state index contributed by atoms with van der Waals surface area (Å²) in [5.41, 5.74) is 1.26. The summed E-state index contributed by atoms with van der Waals surface area (Å²) < 4.78 is 1.93. The van der Waals surface area contributed by atoms with Gasteiger partial charge in [0, 0.05) is 21.1 Å². The van der Waals surface area contributed by atoms with Gasteiger partial charge in [-0.2, -0.15) is 0 Å². The van der Waals surface area contributed by atoms with Gasteiger partial charge in [0.2, 0.25) is 0 Å². The second-order valence-corrected chi connectivity index (χ2v) is 6.84. The van der Waals surface area contributed by atoms with E-state index in [9.17, 15) is 0 Å². The predicted octanol–water partition coefficient (Wildman–Crippen LogP) is 5.73. The molecule has 0 bridgehead atoms. The molecule has 0 saturated carbocycles. The van der Waals surface area contributed by atoms with Gasteiger partial charge in [0.15, 0.2) is 0 Å². The highest BCUT2D eigenvalue weighted by Gasteiger charge is 2.12. The Balaban J connectivity index is 2.16. The first-order valence-electron chi connectivity index (χ1n) is 5.24. The zero-order valence-corrected chi connectivity index (χ0v) is 12.9. The Hall–Kier alpha value is -0.0200. The van der Waals surface area contributed by atoms with Gasteiger partial charge in [0.1, 0.15) is 0 Å². The van der Waals surface area contributed by atoms with Crippen LogP contribution in [0, 0.1) is 0 Å². The second-order valence-electron chi connectivity index (χ2n) is 3.82. The van der Waals surface area contributed by atoms with Crippen molar-refractivity contribution in [1.82, 2.24) is 0 Å². The number of benzene rings is 1. The van der Waals surface area contributed by atoms with Gasteiger partial charge in [-0.25, -0.2) is 0 Å². The maximum atomic E-state index is 6.07. The van der Waals surface area contributed by atoms with Crippen LogP contribution in [0.15, 0.2) is 40.9 Å². The maximum Gasteiger partial charge on any atom is 0.0931 e. The van der Waals surface area contributed by atoms with E-state index in [-0.39, 0.29) is 0 Å². The van der Waals surface area contributed by atoms with Gasteiger partial charge in [-0.15, -0.1) is 22.9 Å². The predicted molar refractivity (Wildman–Crippen MR) is 80.6 cm³/mol. The summed E-state index contributed by atoms with van der Waals surface area (Å²) in [6.45, 7) is 0. The Bertz CT molecular complexity index is 496. The average molecular weight is 350 g/mol. The summed E-state index contributed by atoms with van der Waals surface area (Å²) in [5.74, 6) is 0.954. The van der Waals surface area contributed by atoms with Crippen molar-refractivity contribution >= 4 is 50.5 Å². The summed E-state index contributed by atoms with van der Waals surface area (Å²) in [6, 6.07) is 12.3. The third-order valence-electron chi connectivity index (χ3n) is 2.58. The fourth-order valence-corrected chi connectivity index (χ4v) is 3.60. The molecule has 0 aliphatic heterocycles. The van der Waals surface area contributed by atoms with Crippen LogP contribution in [0.5, 0.6) is 0 Å². The normalized spacial score (nSPS) is 12.6. The minimum Gasteiger partial charge on any atom is -0.128 e. The van der Waals surface area contributed by atoms with Gasteiger partial charge < -0.3 is 0 Å². The van der Waals surface area contributed by atoms with Crippen LogP contribution in [-0.4, -0.2) is 5.88 Å². The summed E-state index contributed by atoms with van der Waals surface area (Å²) in [5, 5.41) is 0. The molecular formula is C13H11BrCl2S. The van der Waals surface area contributed by atoms with Crippen LogP contribution in [0.1, 0.15) is 16.4 Å². The largest absolute Gasteiger partial charge is 0.128 e. The van der Waals surface area contributed by atoms with E-state index in [1.807, 2.05) is 18.2 Å². The fraction of sp³-hybridized carbons (Fsp3) is 0.231. The lowest BCUT2D eigenvalue weighted by molar-refractivity contribution is 0.775. The zero-order valence-electron chi connectivity index (χ0n) is 9.00. The first-order valence-corrected chi connectivity index (χ1v) is 7.77. The summed E-state index contributed by atoms with van der Waals surface area (Å²) in [4.78, 5) is 1.28. The highest BCUT2D eigenvalue weighted by atomic mass is 79.9. The van der Waals surface area contributed by atoms with Crippen molar-refractivity contribution in [3.8, 4) is 0 Å². The maximum absolute atomic E-state index is 6.07. The fourth-order valence-electron chi connectivity index (χ4n) is 1.73. The molecule has 0 aliphatic rings. The minimum atomic E-state index is 0.337. The molecule has 4 heteroatoms. The van der Waals surface area contributed by atoms with Crippen LogP contribution in [0.3, 0.4) is 0 Å². The molecular weight excluding hydrogens is 339 g/mol. The van der Waals surface area contributed by atoms with Crippen LogP contribution in [0.2, 0.25) is 4.34 Å². The molecule has 0 N–H and O–H groups in total. The molecule has 0 spiro atoms. The number of alkyl halides is 1. The number of rotatable bonds is 4. The monoisotopic (exact) mass is 348 g/mol. The molecule has 1 atom stereocenters. The van der Waals surface area contributed by atoms with E-state index >= 15 is 0 Å². The van der Waals surface area contributed by atoms with E-state index < -0.39 is 0 Å². The number of thiophene rings is 1. The minimum absolute atomic E-state index is 0.337. The van der Waals surface area contributed by atoms with E-state index in [0.717, 1.165) is 15.2 Å². The lowest BCUT2D eigenvalue weighted by Crippen LogP contribution is -2.03. The van der Waals surface area contributed by atoms with Crippen LogP contribution in [-0.2, 0) is 6.42 Å². The van der Waals surface area contributed by atoms with Crippen molar-refractivity contribution in [3.63, 3.8) is 0 Å². The Morgan fingerprint density at radius 2 is 2.06 bits per heavy atom. The molecule has 0 fully saturated rings. The van der Waals surface area contributed by atoms with Crippen molar-refractivity contribution in [2.75, 3.05) is 5.88 Å². The molecule has 0 saturated heterocycles. The van der Waals surface area contributed by atoms with E-state index in [4.69, 9.17) is 23.2 Å². The zero-order chi connectivity index (χ0) is 12.3. The summed E-state index contributed by atoms with van der Waals surface area (Å²) in [7, 11) is 0. The molecule has 1 aromatic carbocycles. The van der Waals surface area contributed by atoms with E-state index in [1.165, 1.54) is 10.4 Å². The van der Waals surface area contributed by atoms with Crippen LogP contribution < -0.4 is 0 Å². The lowest BCUT2D eigenvalue weighted by Gasteiger charge is -2.13. The third kappa shape index (κ3) is 3.72. The number of hydrogen-bond donors (Lipinski definition) is 0. The molecule has 1 unspecified atom stereocenters. The molecule has 0 radical (unpaired) electrons. The number of hydrogen-bond acceptors (Lipinski definition) is 1. The summed E-state index contributed by atoms with van der Waals surface area (Å²) in [6.07, 6.45) is 0.942. The molecule has 90 valence electrons. The summed E-state index contributed by atoms with van der Waals surface area (Å²) >= 11 is 17.1. The van der Waals surface area contributed by atoms with Gasteiger partial charge in [-0.3, -0.25) is 0 Å². The highest BCUT2D eigenvalue weighted by Crippen LogP contribution is 2.29. The van der Waals surface area contributed by atoms with Crippen LogP contribution >= 0.6 is 50.5 Å². The van der Waals surface area contributed by atoms with Crippen molar-refractivity contribution in [2.45, 2.75) is 12.3 Å². The quantitative estimate of drug-likeness (QED) is 0.618. The van der Waals surface area contributed by atoms with E-state index in [0.29, 0.717) is 11.8 Å². The Morgan fingerprint density at radius 3 is 2.65 bits per heavy atom. The van der Waals surface area contributed by atoms with Gasteiger partial charge in [0.05, 0.1) is 4.34 Å². The van der Waals surface area contributed by atoms with Crippen molar-refractivity contribution < 1.29 is 0 Å². The number of halogens is 3. The molecule has 0 aliphatic carbocycles. The van der Waals surface area contributed by atoms with Crippen LogP contribution in [0.25, 0.3) is 0 Å².